The van der Waals surface area contributed by atoms with Crippen LogP contribution in [0, 0.1) is 6.92 Å². The summed E-state index contributed by atoms with van der Waals surface area (Å²) in [5.74, 6) is -1.17. The molecule has 3 aromatic rings. The summed E-state index contributed by atoms with van der Waals surface area (Å²) in [6.07, 6.45) is 1.73. The van der Waals surface area contributed by atoms with Crippen LogP contribution in [0.1, 0.15) is 37.4 Å². The van der Waals surface area contributed by atoms with Crippen molar-refractivity contribution in [2.45, 2.75) is 6.92 Å². The van der Waals surface area contributed by atoms with Gasteiger partial charge in [0.15, 0.2) is 0 Å². The molecule has 0 bridgehead atoms. The zero-order valence-corrected chi connectivity index (χ0v) is 16.6. The number of methoxy groups -OCH3 is 1. The van der Waals surface area contributed by atoms with Gasteiger partial charge in [-0.25, -0.2) is 9.69 Å². The summed E-state index contributed by atoms with van der Waals surface area (Å²) in [6, 6.07) is 21.1. The van der Waals surface area contributed by atoms with E-state index in [1.807, 2.05) is 19.1 Å². The molecule has 0 fully saturated rings. The van der Waals surface area contributed by atoms with Crippen molar-refractivity contribution in [2.24, 2.45) is 0 Å². The Morgan fingerprint density at radius 2 is 1.47 bits per heavy atom. The number of ether oxygens (including phenoxy) is 1. The average molecular weight is 397 g/mol. The Labute approximate surface area is 174 Å². The van der Waals surface area contributed by atoms with Crippen LogP contribution < -0.4 is 4.90 Å². The van der Waals surface area contributed by atoms with Gasteiger partial charge in [-0.15, -0.1) is 0 Å². The third-order valence-electron chi connectivity index (χ3n) is 5.02. The van der Waals surface area contributed by atoms with E-state index in [-0.39, 0.29) is 11.8 Å². The molecular formula is C25H19NO4. The summed E-state index contributed by atoms with van der Waals surface area (Å²) in [6.45, 7) is 1.95. The minimum Gasteiger partial charge on any atom is -0.465 e. The van der Waals surface area contributed by atoms with Gasteiger partial charge < -0.3 is 4.74 Å². The van der Waals surface area contributed by atoms with Crippen LogP contribution in [0.25, 0.3) is 11.6 Å². The van der Waals surface area contributed by atoms with Gasteiger partial charge in [-0.05, 0) is 54.5 Å². The lowest BCUT2D eigenvalue weighted by Gasteiger charge is -2.28. The molecular weight excluding hydrogens is 378 g/mol. The van der Waals surface area contributed by atoms with E-state index in [4.69, 9.17) is 4.74 Å². The first-order valence-electron chi connectivity index (χ1n) is 9.44. The Hall–Kier alpha value is -3.99. The molecule has 0 unspecified atom stereocenters. The number of rotatable bonds is 3. The van der Waals surface area contributed by atoms with Crippen LogP contribution in [-0.4, -0.2) is 24.9 Å². The maximum absolute atomic E-state index is 13.4. The molecule has 0 spiro atoms. The molecule has 0 aliphatic carbocycles. The number of imide groups is 1. The standard InChI is InChI=1S/C25H19NO4/c1-16-7-13-19(14-8-16)26-23(27)21-6-4-3-5-20(21)22(24(26)28)15-17-9-11-18(12-10-17)25(29)30-2/h3-15H,1-2H3/b22-15-. The molecule has 0 saturated carbocycles. The molecule has 0 atom stereocenters. The highest BCUT2D eigenvalue weighted by Crippen LogP contribution is 2.33. The predicted molar refractivity (Wildman–Crippen MR) is 115 cm³/mol. The quantitative estimate of drug-likeness (QED) is 0.371. The topological polar surface area (TPSA) is 63.7 Å². The first-order valence-corrected chi connectivity index (χ1v) is 9.44. The van der Waals surface area contributed by atoms with Crippen LogP contribution in [-0.2, 0) is 9.53 Å². The van der Waals surface area contributed by atoms with E-state index < -0.39 is 5.97 Å². The number of carbonyl (C=O) groups is 3. The van der Waals surface area contributed by atoms with Crippen LogP contribution in [0.2, 0.25) is 0 Å². The van der Waals surface area contributed by atoms with E-state index in [0.717, 1.165) is 11.1 Å². The second-order valence-electron chi connectivity index (χ2n) is 7.00. The number of amides is 2. The van der Waals surface area contributed by atoms with Crippen LogP contribution in [0.3, 0.4) is 0 Å². The normalized spacial score (nSPS) is 14.6. The molecule has 5 heteroatoms. The van der Waals surface area contributed by atoms with Gasteiger partial charge in [-0.1, -0.05) is 48.0 Å². The molecule has 1 aliphatic rings. The van der Waals surface area contributed by atoms with Gasteiger partial charge in [-0.2, -0.15) is 0 Å². The Kier molecular flexibility index (Phi) is 5.02. The molecule has 1 heterocycles. The van der Waals surface area contributed by atoms with Gasteiger partial charge in [0.2, 0.25) is 0 Å². The Balaban J connectivity index is 1.81. The van der Waals surface area contributed by atoms with E-state index in [1.54, 1.807) is 66.7 Å². The van der Waals surface area contributed by atoms with E-state index >= 15 is 0 Å². The highest BCUT2D eigenvalue weighted by Gasteiger charge is 2.35. The molecule has 0 saturated heterocycles. The number of carbonyl (C=O) groups excluding carboxylic acids is 3. The summed E-state index contributed by atoms with van der Waals surface area (Å²) in [4.78, 5) is 39.3. The lowest BCUT2D eigenvalue weighted by molar-refractivity contribution is -0.112. The SMILES string of the molecule is COC(=O)c1ccc(/C=C2\C(=O)N(c3ccc(C)cc3)C(=O)c3ccccc32)cc1. The van der Waals surface area contributed by atoms with Crippen molar-refractivity contribution in [3.05, 3.63) is 101 Å². The summed E-state index contributed by atoms with van der Waals surface area (Å²) < 4.78 is 4.72. The summed E-state index contributed by atoms with van der Waals surface area (Å²) in [5.41, 5.74) is 4.19. The van der Waals surface area contributed by atoms with Crippen LogP contribution in [0.5, 0.6) is 0 Å². The van der Waals surface area contributed by atoms with Crippen LogP contribution in [0.15, 0.2) is 72.8 Å². The monoisotopic (exact) mass is 397 g/mol. The Morgan fingerprint density at radius 1 is 0.833 bits per heavy atom. The summed E-state index contributed by atoms with van der Waals surface area (Å²) in [5, 5.41) is 0. The van der Waals surface area contributed by atoms with E-state index in [9.17, 15) is 14.4 Å². The first-order chi connectivity index (χ1) is 14.5. The average Bonchev–Trinajstić information content (AvgIpc) is 2.78. The van der Waals surface area contributed by atoms with Crippen molar-refractivity contribution >= 4 is 35.1 Å². The lowest BCUT2D eigenvalue weighted by Crippen LogP contribution is -2.41. The Morgan fingerprint density at radius 3 is 2.10 bits per heavy atom. The largest absolute Gasteiger partial charge is 0.465 e. The summed E-state index contributed by atoms with van der Waals surface area (Å²) >= 11 is 0. The molecule has 30 heavy (non-hydrogen) atoms. The third kappa shape index (κ3) is 3.42. The fourth-order valence-corrected chi connectivity index (χ4v) is 3.42. The number of benzene rings is 3. The molecule has 4 rings (SSSR count). The van der Waals surface area contributed by atoms with Gasteiger partial charge >= 0.3 is 5.97 Å². The lowest BCUT2D eigenvalue weighted by atomic mass is 9.91. The van der Waals surface area contributed by atoms with Crippen LogP contribution in [0.4, 0.5) is 5.69 Å². The van der Waals surface area contributed by atoms with Gasteiger partial charge in [0, 0.05) is 11.1 Å². The van der Waals surface area contributed by atoms with Gasteiger partial charge in [0.05, 0.1) is 18.4 Å². The molecule has 0 N–H and O–H groups in total. The second kappa shape index (κ2) is 7.79. The second-order valence-corrected chi connectivity index (χ2v) is 7.00. The molecule has 148 valence electrons. The molecule has 5 nitrogen and oxygen atoms in total. The third-order valence-corrected chi connectivity index (χ3v) is 5.02. The molecule has 0 aromatic heterocycles. The first kappa shape index (κ1) is 19.3. The van der Waals surface area contributed by atoms with Crippen molar-refractivity contribution in [2.75, 3.05) is 12.0 Å². The van der Waals surface area contributed by atoms with Crippen molar-refractivity contribution in [1.29, 1.82) is 0 Å². The fourth-order valence-electron chi connectivity index (χ4n) is 3.42. The van der Waals surface area contributed by atoms with Crippen molar-refractivity contribution in [3.63, 3.8) is 0 Å². The highest BCUT2D eigenvalue weighted by molar-refractivity contribution is 6.43. The smallest absolute Gasteiger partial charge is 0.337 e. The maximum atomic E-state index is 13.4. The molecule has 0 radical (unpaired) electrons. The number of fused-ring (bicyclic) bond motifs is 1. The number of hydrogen-bond donors (Lipinski definition) is 0. The van der Waals surface area contributed by atoms with Crippen LogP contribution >= 0.6 is 0 Å². The fraction of sp³-hybridized carbons (Fsp3) is 0.0800. The summed E-state index contributed by atoms with van der Waals surface area (Å²) in [7, 11) is 1.33. The van der Waals surface area contributed by atoms with E-state index in [2.05, 4.69) is 0 Å². The number of aryl methyl sites for hydroxylation is 1. The van der Waals surface area contributed by atoms with Gasteiger partial charge in [0.25, 0.3) is 11.8 Å². The van der Waals surface area contributed by atoms with E-state index in [0.29, 0.717) is 28.0 Å². The van der Waals surface area contributed by atoms with E-state index in [1.165, 1.54) is 12.0 Å². The Bertz CT molecular complexity index is 1170. The van der Waals surface area contributed by atoms with Crippen molar-refractivity contribution in [1.82, 2.24) is 0 Å². The molecule has 1 aliphatic heterocycles. The molecule has 3 aromatic carbocycles. The minimum absolute atomic E-state index is 0.349. The van der Waals surface area contributed by atoms with Gasteiger partial charge in [-0.3, -0.25) is 9.59 Å². The minimum atomic E-state index is -0.426. The van der Waals surface area contributed by atoms with Crippen molar-refractivity contribution < 1.29 is 19.1 Å². The number of anilines is 1. The predicted octanol–water partition coefficient (Wildman–Crippen LogP) is 4.51. The molecule has 2 amide bonds. The highest BCUT2D eigenvalue weighted by atomic mass is 16.5. The maximum Gasteiger partial charge on any atom is 0.337 e. The van der Waals surface area contributed by atoms with Gasteiger partial charge in [0.1, 0.15) is 0 Å². The zero-order chi connectivity index (χ0) is 21.3. The van der Waals surface area contributed by atoms with Crippen molar-refractivity contribution in [3.8, 4) is 0 Å². The zero-order valence-electron chi connectivity index (χ0n) is 16.6. The number of hydrogen-bond acceptors (Lipinski definition) is 4. The number of esters is 1. The number of nitrogens with zero attached hydrogens (tertiary/aromatic N) is 1.